The molecule has 0 aliphatic carbocycles. The number of carbonyl (C=O) groups excluding carboxylic acids is 1. The van der Waals surface area contributed by atoms with Crippen LogP contribution < -0.4 is 14.8 Å². The maximum Gasteiger partial charge on any atom is 0.226 e. The molecule has 186 valence electrons. The zero-order valence-corrected chi connectivity index (χ0v) is 21.4. The molecule has 7 heteroatoms. The summed E-state index contributed by atoms with van der Waals surface area (Å²) in [5, 5.41) is 3.94. The molecule has 0 fully saturated rings. The van der Waals surface area contributed by atoms with Crippen LogP contribution in [0.25, 0.3) is 0 Å². The first-order valence-electron chi connectivity index (χ1n) is 12.2. The first kappa shape index (κ1) is 26.3. The van der Waals surface area contributed by atoms with Crippen molar-refractivity contribution in [3.63, 3.8) is 0 Å². The number of nitrogens with zero attached hydrogens (tertiary/aromatic N) is 1. The van der Waals surface area contributed by atoms with Gasteiger partial charge in [0.25, 0.3) is 0 Å². The smallest absolute Gasteiger partial charge is 0.226 e. The molecule has 2 aromatic carbocycles. The Morgan fingerprint density at radius 2 is 1.88 bits per heavy atom. The van der Waals surface area contributed by atoms with Crippen LogP contribution in [0, 0.1) is 11.8 Å². The second-order valence-electron chi connectivity index (χ2n) is 9.12. The van der Waals surface area contributed by atoms with Gasteiger partial charge in [-0.1, -0.05) is 62.7 Å². The summed E-state index contributed by atoms with van der Waals surface area (Å²) >= 11 is 6.49. The van der Waals surface area contributed by atoms with E-state index in [1.807, 2.05) is 61.2 Å². The summed E-state index contributed by atoms with van der Waals surface area (Å²) in [6.07, 6.45) is 0.565. The zero-order chi connectivity index (χ0) is 24.5. The molecule has 1 N–H and O–H groups in total. The number of rotatable bonds is 11. The summed E-state index contributed by atoms with van der Waals surface area (Å²) in [4.78, 5) is 15.4. The average molecular weight is 489 g/mol. The number of ether oxygens (including phenoxy) is 3. The van der Waals surface area contributed by atoms with E-state index in [1.54, 1.807) is 0 Å². The van der Waals surface area contributed by atoms with Crippen molar-refractivity contribution in [1.82, 2.24) is 10.2 Å². The molecule has 1 aliphatic rings. The minimum Gasteiger partial charge on any atom is -0.489 e. The van der Waals surface area contributed by atoms with E-state index in [-0.39, 0.29) is 18.1 Å². The molecule has 1 amide bonds. The van der Waals surface area contributed by atoms with Crippen LogP contribution in [-0.4, -0.2) is 43.7 Å². The van der Waals surface area contributed by atoms with Gasteiger partial charge in [0, 0.05) is 38.6 Å². The van der Waals surface area contributed by atoms with Crippen LogP contribution in [0.3, 0.4) is 0 Å². The van der Waals surface area contributed by atoms with Gasteiger partial charge in [0.05, 0.1) is 18.2 Å². The highest BCUT2D eigenvalue weighted by Gasteiger charge is 2.24. The molecule has 0 saturated heterocycles. The molecule has 0 spiro atoms. The third-order valence-corrected chi connectivity index (χ3v) is 5.88. The number of nitrogens with one attached hydrogen (secondary N) is 1. The Morgan fingerprint density at radius 1 is 1.15 bits per heavy atom. The number of benzene rings is 2. The van der Waals surface area contributed by atoms with Crippen molar-refractivity contribution in [3.05, 3.63) is 58.6 Å². The highest BCUT2D eigenvalue weighted by Crippen LogP contribution is 2.38. The van der Waals surface area contributed by atoms with E-state index in [0.29, 0.717) is 61.9 Å². The van der Waals surface area contributed by atoms with Gasteiger partial charge in [0.1, 0.15) is 6.23 Å². The van der Waals surface area contributed by atoms with E-state index >= 15 is 0 Å². The lowest BCUT2D eigenvalue weighted by atomic mass is 10.1. The lowest BCUT2D eigenvalue weighted by Gasteiger charge is -2.29. The summed E-state index contributed by atoms with van der Waals surface area (Å²) in [6, 6.07) is 13.8. The van der Waals surface area contributed by atoms with E-state index in [9.17, 15) is 4.79 Å². The molecule has 1 aliphatic heterocycles. The molecule has 0 radical (unpaired) electrons. The largest absolute Gasteiger partial charge is 0.489 e. The number of amides is 1. The SMILES string of the molecule is CCOC(NCC(C)C(=O)N(Cc1cc(Cl)c2c(c1)OCCCO2)CC(C)C)c1ccccc1. The van der Waals surface area contributed by atoms with Crippen molar-refractivity contribution in [3.8, 4) is 11.5 Å². The van der Waals surface area contributed by atoms with Gasteiger partial charge in [-0.15, -0.1) is 0 Å². The minimum absolute atomic E-state index is 0.0905. The van der Waals surface area contributed by atoms with Crippen molar-refractivity contribution in [2.45, 2.75) is 46.9 Å². The zero-order valence-electron chi connectivity index (χ0n) is 20.7. The predicted molar refractivity (Wildman–Crippen MR) is 135 cm³/mol. The molecular formula is C27H37ClN2O4. The monoisotopic (exact) mass is 488 g/mol. The molecule has 0 saturated carbocycles. The van der Waals surface area contributed by atoms with E-state index in [0.717, 1.165) is 17.5 Å². The van der Waals surface area contributed by atoms with Crippen molar-refractivity contribution in [2.75, 3.05) is 32.9 Å². The predicted octanol–water partition coefficient (Wildman–Crippen LogP) is 5.45. The third kappa shape index (κ3) is 7.36. The minimum atomic E-state index is -0.250. The molecule has 2 unspecified atom stereocenters. The van der Waals surface area contributed by atoms with Gasteiger partial charge in [0.2, 0.25) is 5.91 Å². The quantitative estimate of drug-likeness (QED) is 0.426. The van der Waals surface area contributed by atoms with Crippen molar-refractivity contribution < 1.29 is 19.0 Å². The Balaban J connectivity index is 1.70. The van der Waals surface area contributed by atoms with E-state index in [4.69, 9.17) is 25.8 Å². The van der Waals surface area contributed by atoms with E-state index in [2.05, 4.69) is 19.2 Å². The first-order valence-corrected chi connectivity index (χ1v) is 12.5. The Hall–Kier alpha value is -2.28. The van der Waals surface area contributed by atoms with Crippen LogP contribution >= 0.6 is 11.6 Å². The highest BCUT2D eigenvalue weighted by molar-refractivity contribution is 6.32. The Bertz CT molecular complexity index is 922. The molecular weight excluding hydrogens is 452 g/mol. The van der Waals surface area contributed by atoms with Gasteiger partial charge < -0.3 is 19.1 Å². The van der Waals surface area contributed by atoms with Crippen molar-refractivity contribution >= 4 is 17.5 Å². The van der Waals surface area contributed by atoms with Gasteiger partial charge in [-0.2, -0.15) is 0 Å². The second-order valence-corrected chi connectivity index (χ2v) is 9.53. The summed E-state index contributed by atoms with van der Waals surface area (Å²) in [6.45, 7) is 11.5. The number of hydrogen-bond donors (Lipinski definition) is 1. The number of fused-ring (bicyclic) bond motifs is 1. The fraction of sp³-hybridized carbons (Fsp3) is 0.519. The van der Waals surface area contributed by atoms with Gasteiger partial charge in [-0.3, -0.25) is 10.1 Å². The summed E-state index contributed by atoms with van der Waals surface area (Å²) in [5.74, 6) is 1.44. The second kappa shape index (κ2) is 13.0. The molecule has 1 heterocycles. The molecule has 2 atom stereocenters. The Kier molecular flexibility index (Phi) is 10.1. The van der Waals surface area contributed by atoms with Gasteiger partial charge >= 0.3 is 0 Å². The number of carbonyl (C=O) groups is 1. The summed E-state index contributed by atoms with van der Waals surface area (Å²) in [7, 11) is 0. The standard InChI is InChI=1S/C27H37ClN2O4/c1-5-32-26(22-10-7-6-8-11-22)29-16-20(4)27(31)30(17-19(2)3)18-21-14-23(28)25-24(15-21)33-12-9-13-34-25/h6-8,10-11,14-15,19-20,26,29H,5,9,12-13,16-18H2,1-4H3. The van der Waals surface area contributed by atoms with Gasteiger partial charge in [-0.25, -0.2) is 0 Å². The van der Waals surface area contributed by atoms with Crippen LogP contribution in [0.15, 0.2) is 42.5 Å². The normalized spacial score (nSPS) is 15.0. The van der Waals surface area contributed by atoms with Gasteiger partial charge in [-0.05, 0) is 36.1 Å². The molecule has 3 rings (SSSR count). The van der Waals surface area contributed by atoms with E-state index in [1.165, 1.54) is 0 Å². The fourth-order valence-corrected chi connectivity index (χ4v) is 4.31. The highest BCUT2D eigenvalue weighted by atomic mass is 35.5. The average Bonchev–Trinajstić information content (AvgIpc) is 3.07. The van der Waals surface area contributed by atoms with E-state index < -0.39 is 0 Å². The van der Waals surface area contributed by atoms with Crippen LogP contribution in [0.2, 0.25) is 5.02 Å². The maximum atomic E-state index is 13.5. The molecule has 6 nitrogen and oxygen atoms in total. The van der Waals surface area contributed by atoms with Crippen LogP contribution in [-0.2, 0) is 16.1 Å². The first-order chi connectivity index (χ1) is 16.4. The Morgan fingerprint density at radius 3 is 2.59 bits per heavy atom. The molecule has 2 aromatic rings. The maximum absolute atomic E-state index is 13.5. The van der Waals surface area contributed by atoms with Crippen LogP contribution in [0.1, 0.15) is 51.5 Å². The number of hydrogen-bond acceptors (Lipinski definition) is 5. The van der Waals surface area contributed by atoms with Crippen molar-refractivity contribution in [2.24, 2.45) is 11.8 Å². The van der Waals surface area contributed by atoms with Gasteiger partial charge in [0.15, 0.2) is 11.5 Å². The molecule has 0 aromatic heterocycles. The topological polar surface area (TPSA) is 60.0 Å². The number of halogens is 1. The summed E-state index contributed by atoms with van der Waals surface area (Å²) < 4.78 is 17.5. The lowest BCUT2D eigenvalue weighted by molar-refractivity contribution is -0.136. The van der Waals surface area contributed by atoms with Crippen molar-refractivity contribution in [1.29, 1.82) is 0 Å². The molecule has 0 bridgehead atoms. The summed E-state index contributed by atoms with van der Waals surface area (Å²) in [5.41, 5.74) is 1.98. The lowest BCUT2D eigenvalue weighted by Crippen LogP contribution is -2.41. The third-order valence-electron chi connectivity index (χ3n) is 5.60. The Labute approximate surface area is 208 Å². The molecule has 34 heavy (non-hydrogen) atoms. The van der Waals surface area contributed by atoms with Crippen LogP contribution in [0.4, 0.5) is 0 Å². The van der Waals surface area contributed by atoms with Crippen LogP contribution in [0.5, 0.6) is 11.5 Å². The fourth-order valence-electron chi connectivity index (χ4n) is 4.02.